The molecule has 0 spiro atoms. The van der Waals surface area contributed by atoms with Crippen molar-refractivity contribution in [1.29, 1.82) is 0 Å². The van der Waals surface area contributed by atoms with Gasteiger partial charge in [-0.25, -0.2) is 4.79 Å². The molecule has 3 fully saturated rings. The Kier molecular flexibility index (Phi) is 3.86. The number of carbonyl (C=O) groups excluding carboxylic acids is 3. The number of ether oxygens (including phenoxy) is 1. The van der Waals surface area contributed by atoms with Crippen LogP contribution in [-0.2, 0) is 9.59 Å². The van der Waals surface area contributed by atoms with Gasteiger partial charge in [-0.3, -0.25) is 9.59 Å². The van der Waals surface area contributed by atoms with Gasteiger partial charge in [-0.15, -0.1) is 0 Å². The minimum Gasteiger partial charge on any atom is -0.410 e. The summed E-state index contributed by atoms with van der Waals surface area (Å²) in [4.78, 5) is 42.5. The number of piperazine rings is 2. The Morgan fingerprint density at radius 3 is 2.44 bits per heavy atom. The molecule has 4 rings (SSSR count). The summed E-state index contributed by atoms with van der Waals surface area (Å²) in [5.41, 5.74) is 1.08. The molecule has 7 heteroatoms. The number of hydrogen-bond donors (Lipinski definition) is 0. The van der Waals surface area contributed by atoms with Crippen LogP contribution in [-0.4, -0.2) is 70.9 Å². The number of benzene rings is 1. The van der Waals surface area contributed by atoms with Gasteiger partial charge in [0.2, 0.25) is 11.8 Å². The summed E-state index contributed by atoms with van der Waals surface area (Å²) >= 11 is 0. The molecule has 0 saturated carbocycles. The maximum Gasteiger partial charge on any atom is 0.415 e. The van der Waals surface area contributed by atoms with Crippen molar-refractivity contribution in [2.75, 3.05) is 26.2 Å². The lowest BCUT2D eigenvalue weighted by atomic mass is 10.0. The molecule has 2 atom stereocenters. The molecule has 7 nitrogen and oxygen atoms in total. The Hall–Kier alpha value is -2.57. The summed E-state index contributed by atoms with van der Waals surface area (Å²) in [6, 6.07) is 6.35. The van der Waals surface area contributed by atoms with Gasteiger partial charge in [0.25, 0.3) is 0 Å². The predicted molar refractivity (Wildman–Crippen MR) is 89.0 cm³/mol. The summed E-state index contributed by atoms with van der Waals surface area (Å²) in [6.45, 7) is 3.55. The minimum absolute atomic E-state index is 0.0219. The molecule has 0 bridgehead atoms. The third kappa shape index (κ3) is 2.73. The van der Waals surface area contributed by atoms with E-state index in [2.05, 4.69) is 0 Å². The Balaban J connectivity index is 1.46. The first-order valence-corrected chi connectivity index (χ1v) is 8.69. The summed E-state index contributed by atoms with van der Waals surface area (Å²) in [6.07, 6.45) is 1.13. The van der Waals surface area contributed by atoms with Gasteiger partial charge < -0.3 is 19.4 Å². The molecule has 25 heavy (non-hydrogen) atoms. The number of fused-ring (bicyclic) bond motifs is 2. The van der Waals surface area contributed by atoms with Crippen LogP contribution in [0.5, 0.6) is 5.75 Å². The van der Waals surface area contributed by atoms with E-state index in [-0.39, 0.29) is 24.4 Å². The molecule has 3 aliphatic rings. The standard InChI is InChI=1S/C18H21N3O4/c1-12-4-6-13(7-5-12)25-18(24)19-9-10-21-15(11-19)17(23)20-8-2-3-14(20)16(21)22/h4-7,14-15H,2-3,8-11H2,1H3/t14-,15+/m0/s1. The van der Waals surface area contributed by atoms with Crippen molar-refractivity contribution in [3.05, 3.63) is 29.8 Å². The van der Waals surface area contributed by atoms with Gasteiger partial charge in [0, 0.05) is 19.6 Å². The maximum atomic E-state index is 12.7. The third-order valence-corrected chi connectivity index (χ3v) is 5.25. The van der Waals surface area contributed by atoms with Gasteiger partial charge in [-0.2, -0.15) is 0 Å². The van der Waals surface area contributed by atoms with E-state index in [1.54, 1.807) is 21.9 Å². The van der Waals surface area contributed by atoms with Crippen LogP contribution < -0.4 is 4.74 Å². The summed E-state index contributed by atoms with van der Waals surface area (Å²) in [7, 11) is 0. The molecule has 0 aliphatic carbocycles. The van der Waals surface area contributed by atoms with Gasteiger partial charge in [0.15, 0.2) is 0 Å². The lowest BCUT2D eigenvalue weighted by Gasteiger charge is -2.47. The van der Waals surface area contributed by atoms with Gasteiger partial charge in [0.1, 0.15) is 17.8 Å². The lowest BCUT2D eigenvalue weighted by Crippen LogP contribution is -2.69. The second kappa shape index (κ2) is 6.06. The van der Waals surface area contributed by atoms with Crippen molar-refractivity contribution in [1.82, 2.24) is 14.7 Å². The third-order valence-electron chi connectivity index (χ3n) is 5.25. The average Bonchev–Trinajstić information content (AvgIpc) is 3.11. The van der Waals surface area contributed by atoms with Crippen LogP contribution in [0, 0.1) is 6.92 Å². The number of carbonyl (C=O) groups is 3. The number of amides is 3. The fourth-order valence-corrected chi connectivity index (χ4v) is 3.87. The van der Waals surface area contributed by atoms with E-state index in [1.165, 1.54) is 4.90 Å². The summed E-state index contributed by atoms with van der Waals surface area (Å²) < 4.78 is 5.40. The average molecular weight is 343 g/mol. The number of nitrogens with zero attached hydrogens (tertiary/aromatic N) is 3. The lowest BCUT2D eigenvalue weighted by molar-refractivity contribution is -0.162. The molecule has 1 aromatic carbocycles. The van der Waals surface area contributed by atoms with Crippen molar-refractivity contribution in [3.63, 3.8) is 0 Å². The molecule has 1 aromatic rings. The van der Waals surface area contributed by atoms with Crippen LogP contribution in [0.4, 0.5) is 4.79 Å². The van der Waals surface area contributed by atoms with Crippen LogP contribution in [0.15, 0.2) is 24.3 Å². The molecule has 3 saturated heterocycles. The highest BCUT2D eigenvalue weighted by atomic mass is 16.6. The predicted octanol–water partition coefficient (Wildman–Crippen LogP) is 1.01. The van der Waals surface area contributed by atoms with Gasteiger partial charge in [0.05, 0.1) is 6.54 Å². The normalized spacial score (nSPS) is 25.7. The van der Waals surface area contributed by atoms with Crippen molar-refractivity contribution in [2.24, 2.45) is 0 Å². The maximum absolute atomic E-state index is 12.7. The van der Waals surface area contributed by atoms with Gasteiger partial charge >= 0.3 is 6.09 Å². The van der Waals surface area contributed by atoms with Crippen LogP contribution in [0.1, 0.15) is 18.4 Å². The van der Waals surface area contributed by atoms with Gasteiger partial charge in [-0.1, -0.05) is 17.7 Å². The number of hydrogen-bond acceptors (Lipinski definition) is 4. The molecule has 0 aromatic heterocycles. The molecule has 132 valence electrons. The SMILES string of the molecule is Cc1ccc(OC(=O)N2CCN3C(=O)[C@@H]4CCCN4C(=O)[C@H]3C2)cc1. The van der Waals surface area contributed by atoms with E-state index < -0.39 is 12.1 Å². The second-order valence-electron chi connectivity index (χ2n) is 6.86. The van der Waals surface area contributed by atoms with Gasteiger partial charge in [-0.05, 0) is 31.9 Å². The molecular formula is C18H21N3O4. The van der Waals surface area contributed by atoms with Crippen molar-refractivity contribution in [2.45, 2.75) is 31.8 Å². The van der Waals surface area contributed by atoms with E-state index >= 15 is 0 Å². The zero-order valence-electron chi connectivity index (χ0n) is 14.2. The molecule has 0 unspecified atom stereocenters. The zero-order chi connectivity index (χ0) is 17.6. The Labute approximate surface area is 146 Å². The highest BCUT2D eigenvalue weighted by Crippen LogP contribution is 2.29. The van der Waals surface area contributed by atoms with E-state index in [1.807, 2.05) is 19.1 Å². The van der Waals surface area contributed by atoms with Crippen LogP contribution in [0.2, 0.25) is 0 Å². The highest BCUT2D eigenvalue weighted by Gasteiger charge is 2.50. The topological polar surface area (TPSA) is 70.2 Å². The zero-order valence-corrected chi connectivity index (χ0v) is 14.2. The minimum atomic E-state index is -0.582. The fraction of sp³-hybridized carbons (Fsp3) is 0.500. The first kappa shape index (κ1) is 15.9. The largest absolute Gasteiger partial charge is 0.415 e. The van der Waals surface area contributed by atoms with Crippen LogP contribution in [0.25, 0.3) is 0 Å². The molecule has 0 radical (unpaired) electrons. The second-order valence-corrected chi connectivity index (χ2v) is 6.86. The van der Waals surface area contributed by atoms with Crippen molar-refractivity contribution in [3.8, 4) is 5.75 Å². The highest BCUT2D eigenvalue weighted by molar-refractivity contribution is 5.98. The fourth-order valence-electron chi connectivity index (χ4n) is 3.87. The Bertz CT molecular complexity index is 718. The van der Waals surface area contributed by atoms with E-state index in [4.69, 9.17) is 4.74 Å². The van der Waals surface area contributed by atoms with E-state index in [9.17, 15) is 14.4 Å². The van der Waals surface area contributed by atoms with Crippen molar-refractivity contribution < 1.29 is 19.1 Å². The number of rotatable bonds is 1. The monoisotopic (exact) mass is 343 g/mol. The quantitative estimate of drug-likeness (QED) is 0.763. The molecule has 3 aliphatic heterocycles. The summed E-state index contributed by atoms with van der Waals surface area (Å²) in [5.74, 6) is 0.451. The smallest absolute Gasteiger partial charge is 0.410 e. The Morgan fingerprint density at radius 2 is 1.68 bits per heavy atom. The van der Waals surface area contributed by atoms with Crippen molar-refractivity contribution >= 4 is 17.9 Å². The Morgan fingerprint density at radius 1 is 1.00 bits per heavy atom. The first-order chi connectivity index (χ1) is 12.0. The molecule has 3 amide bonds. The van der Waals surface area contributed by atoms with Crippen LogP contribution in [0.3, 0.4) is 0 Å². The first-order valence-electron chi connectivity index (χ1n) is 8.69. The molecule has 3 heterocycles. The summed E-state index contributed by atoms with van der Waals surface area (Å²) in [5, 5.41) is 0. The van der Waals surface area contributed by atoms with E-state index in [0.29, 0.717) is 25.4 Å². The van der Waals surface area contributed by atoms with E-state index in [0.717, 1.165) is 18.4 Å². The van der Waals surface area contributed by atoms with Crippen LogP contribution >= 0.6 is 0 Å². The molecule has 0 N–H and O–H groups in total. The molecular weight excluding hydrogens is 322 g/mol. The number of aryl methyl sites for hydroxylation is 1.